The molecule has 11 heteroatoms. The molecule has 8 nitrogen and oxygen atoms in total. The van der Waals surface area contributed by atoms with Gasteiger partial charge in [0, 0.05) is 16.5 Å². The number of aromatic carboxylic acids is 1. The van der Waals surface area contributed by atoms with E-state index >= 15 is 0 Å². The van der Waals surface area contributed by atoms with Crippen LogP contribution in [0.15, 0.2) is 73.3 Å². The second-order valence-electron chi connectivity index (χ2n) is 8.02. The number of thiophene rings is 1. The number of carbonyl (C=O) groups excluding carboxylic acids is 1. The number of nitrogens with zero attached hydrogens (tertiary/aromatic N) is 2. The minimum absolute atomic E-state index is 0.0759. The van der Waals surface area contributed by atoms with Crippen molar-refractivity contribution in [3.05, 3.63) is 100 Å². The number of fused-ring (bicyclic) bond motifs is 1. The molecule has 1 atom stereocenters. The van der Waals surface area contributed by atoms with Gasteiger partial charge in [0.25, 0.3) is 5.56 Å². The summed E-state index contributed by atoms with van der Waals surface area (Å²) in [6.45, 7) is 3.67. The Labute approximate surface area is 223 Å². The zero-order valence-electron chi connectivity index (χ0n) is 19.6. The van der Waals surface area contributed by atoms with Crippen molar-refractivity contribution in [1.82, 2.24) is 4.57 Å². The van der Waals surface area contributed by atoms with Gasteiger partial charge in [-0.3, -0.25) is 9.36 Å². The number of allylic oxidation sites excluding steroid dienone is 1. The van der Waals surface area contributed by atoms with Crippen molar-refractivity contribution in [3.63, 3.8) is 0 Å². The number of furan rings is 1. The van der Waals surface area contributed by atoms with E-state index in [9.17, 15) is 19.5 Å². The Morgan fingerprint density at radius 2 is 2.08 bits per heavy atom. The minimum atomic E-state index is -1.08. The number of thiazole rings is 1. The summed E-state index contributed by atoms with van der Waals surface area (Å²) in [5.74, 6) is -0.841. The number of aromatic nitrogens is 1. The normalized spacial score (nSPS) is 15.4. The van der Waals surface area contributed by atoms with Gasteiger partial charge in [-0.05, 0) is 55.6 Å². The van der Waals surface area contributed by atoms with Crippen LogP contribution in [0.2, 0.25) is 5.02 Å². The van der Waals surface area contributed by atoms with E-state index in [4.69, 9.17) is 20.8 Å². The predicted octanol–water partition coefficient (Wildman–Crippen LogP) is 4.47. The molecular formula is C26H19ClN2O6S2. The first-order valence-corrected chi connectivity index (χ1v) is 13.2. The summed E-state index contributed by atoms with van der Waals surface area (Å²) < 4.78 is 13.1. The summed E-state index contributed by atoms with van der Waals surface area (Å²) in [7, 11) is 0. The Morgan fingerprint density at radius 3 is 2.78 bits per heavy atom. The van der Waals surface area contributed by atoms with Crippen LogP contribution >= 0.6 is 34.3 Å². The van der Waals surface area contributed by atoms with Gasteiger partial charge >= 0.3 is 11.9 Å². The molecule has 1 N–H and O–H groups in total. The predicted molar refractivity (Wildman–Crippen MR) is 141 cm³/mol. The Kier molecular flexibility index (Phi) is 6.72. The first-order valence-electron chi connectivity index (χ1n) is 11.1. The molecule has 1 aromatic carbocycles. The lowest BCUT2D eigenvalue weighted by Gasteiger charge is -2.23. The van der Waals surface area contributed by atoms with Crippen LogP contribution in [-0.4, -0.2) is 28.2 Å². The molecule has 0 aliphatic carbocycles. The molecule has 0 unspecified atom stereocenters. The summed E-state index contributed by atoms with van der Waals surface area (Å²) in [5, 5.41) is 11.5. The van der Waals surface area contributed by atoms with E-state index in [0.29, 0.717) is 42.7 Å². The lowest BCUT2D eigenvalue weighted by Crippen LogP contribution is -2.39. The Morgan fingerprint density at radius 1 is 1.27 bits per heavy atom. The first kappa shape index (κ1) is 24.9. The molecule has 0 amide bonds. The molecule has 37 heavy (non-hydrogen) atoms. The molecule has 0 bridgehead atoms. The van der Waals surface area contributed by atoms with Crippen LogP contribution in [0.1, 0.15) is 40.9 Å². The van der Waals surface area contributed by atoms with Crippen molar-refractivity contribution in [2.24, 2.45) is 4.99 Å². The topological polar surface area (TPSA) is 111 Å². The van der Waals surface area contributed by atoms with E-state index in [-0.39, 0.29) is 17.7 Å². The molecule has 0 fully saturated rings. The number of benzene rings is 1. The van der Waals surface area contributed by atoms with E-state index in [1.165, 1.54) is 45.4 Å². The van der Waals surface area contributed by atoms with Gasteiger partial charge in [-0.1, -0.05) is 29.0 Å². The summed E-state index contributed by atoms with van der Waals surface area (Å²) >= 11 is 8.90. The Balaban J connectivity index is 1.61. The molecule has 4 aromatic rings. The highest BCUT2D eigenvalue weighted by Gasteiger charge is 2.33. The van der Waals surface area contributed by atoms with Crippen molar-refractivity contribution < 1.29 is 23.8 Å². The fourth-order valence-corrected chi connectivity index (χ4v) is 6.12. The largest absolute Gasteiger partial charge is 0.478 e. The average Bonchev–Trinajstić information content (AvgIpc) is 3.61. The van der Waals surface area contributed by atoms with Crippen LogP contribution in [0.3, 0.4) is 0 Å². The van der Waals surface area contributed by atoms with Crippen LogP contribution in [0.4, 0.5) is 0 Å². The van der Waals surface area contributed by atoms with Crippen LogP contribution in [0.25, 0.3) is 17.4 Å². The van der Waals surface area contributed by atoms with Gasteiger partial charge in [-0.2, -0.15) is 0 Å². The van der Waals surface area contributed by atoms with Gasteiger partial charge in [0.2, 0.25) is 0 Å². The molecule has 1 aliphatic rings. The molecule has 0 radical (unpaired) electrons. The third kappa shape index (κ3) is 4.59. The van der Waals surface area contributed by atoms with E-state index in [1.807, 2.05) is 17.5 Å². The molecule has 188 valence electrons. The summed E-state index contributed by atoms with van der Waals surface area (Å²) in [6, 6.07) is 10.8. The number of esters is 1. The summed E-state index contributed by atoms with van der Waals surface area (Å²) in [4.78, 5) is 43.6. The number of ether oxygens (including phenoxy) is 1. The lowest BCUT2D eigenvalue weighted by atomic mass is 10.0. The standard InChI is InChI=1S/C26H19ClN2O6S2/c1-3-34-25(33)21-13(2)28-26-29(22(21)19-5-4-10-36-19)23(30)20(37-26)12-15-7-9-18(35-15)16-11-14(24(31)32)6-8-17(16)27/h4-12,22H,3H2,1-2H3,(H,31,32)/b20-12-/t22-/m1/s1. The van der Waals surface area contributed by atoms with Crippen LogP contribution in [0, 0.1) is 0 Å². The van der Waals surface area contributed by atoms with E-state index < -0.39 is 18.0 Å². The highest BCUT2D eigenvalue weighted by atomic mass is 35.5. The fraction of sp³-hybridized carbons (Fsp3) is 0.154. The monoisotopic (exact) mass is 554 g/mol. The molecular weight excluding hydrogens is 536 g/mol. The summed E-state index contributed by atoms with van der Waals surface area (Å²) in [5.41, 5.74) is 1.01. The molecule has 0 saturated carbocycles. The molecule has 5 rings (SSSR count). The molecule has 0 saturated heterocycles. The third-order valence-corrected chi connectivity index (χ3v) is 7.95. The highest BCUT2D eigenvalue weighted by molar-refractivity contribution is 7.10. The maximum atomic E-state index is 13.6. The van der Waals surface area contributed by atoms with Gasteiger partial charge in [0.15, 0.2) is 4.80 Å². The number of hydrogen-bond donors (Lipinski definition) is 1. The second-order valence-corrected chi connectivity index (χ2v) is 10.4. The van der Waals surface area contributed by atoms with E-state index in [0.717, 1.165) is 4.88 Å². The van der Waals surface area contributed by atoms with Gasteiger partial charge in [0.05, 0.1) is 33.0 Å². The van der Waals surface area contributed by atoms with Gasteiger partial charge in [-0.25, -0.2) is 14.6 Å². The zero-order chi connectivity index (χ0) is 26.3. The smallest absolute Gasteiger partial charge is 0.338 e. The zero-order valence-corrected chi connectivity index (χ0v) is 21.9. The van der Waals surface area contributed by atoms with Gasteiger partial charge in [0.1, 0.15) is 17.6 Å². The van der Waals surface area contributed by atoms with E-state index in [2.05, 4.69) is 4.99 Å². The molecule has 4 heterocycles. The first-order chi connectivity index (χ1) is 17.8. The van der Waals surface area contributed by atoms with E-state index in [1.54, 1.807) is 32.1 Å². The number of carboxylic acid groups (broad SMARTS) is 1. The van der Waals surface area contributed by atoms with Crippen molar-refractivity contribution >= 4 is 52.3 Å². The van der Waals surface area contributed by atoms with Crippen molar-refractivity contribution in [2.45, 2.75) is 19.9 Å². The average molecular weight is 555 g/mol. The number of carbonyl (C=O) groups is 2. The molecule has 1 aliphatic heterocycles. The van der Waals surface area contributed by atoms with Crippen LogP contribution in [0.5, 0.6) is 0 Å². The number of carboxylic acids is 1. The quantitative estimate of drug-likeness (QED) is 0.352. The maximum Gasteiger partial charge on any atom is 0.338 e. The number of hydrogen-bond acceptors (Lipinski definition) is 8. The third-order valence-electron chi connectivity index (χ3n) is 5.71. The molecule has 0 spiro atoms. The van der Waals surface area contributed by atoms with Gasteiger partial charge in [-0.15, -0.1) is 11.3 Å². The SMILES string of the molecule is CCOC(=O)C1=C(C)N=c2s/c(=C\c3ccc(-c4cc(C(=O)O)ccc4Cl)o3)c(=O)n2[C@@H]1c1cccs1. The van der Waals surface area contributed by atoms with Crippen molar-refractivity contribution in [3.8, 4) is 11.3 Å². The van der Waals surface area contributed by atoms with Crippen LogP contribution < -0.4 is 14.9 Å². The molecule has 3 aromatic heterocycles. The lowest BCUT2D eigenvalue weighted by molar-refractivity contribution is -0.139. The van der Waals surface area contributed by atoms with Crippen molar-refractivity contribution in [2.75, 3.05) is 6.61 Å². The van der Waals surface area contributed by atoms with Crippen molar-refractivity contribution in [1.29, 1.82) is 0 Å². The fourth-order valence-electron chi connectivity index (χ4n) is 4.06. The summed E-state index contributed by atoms with van der Waals surface area (Å²) in [6.07, 6.45) is 1.59. The second kappa shape index (κ2) is 9.97. The number of halogens is 1. The number of rotatable bonds is 6. The van der Waals surface area contributed by atoms with Gasteiger partial charge < -0.3 is 14.3 Å². The Hall–Kier alpha value is -3.73. The minimum Gasteiger partial charge on any atom is -0.478 e. The highest BCUT2D eigenvalue weighted by Crippen LogP contribution is 2.33. The Bertz CT molecular complexity index is 1740. The maximum absolute atomic E-state index is 13.6. The van der Waals surface area contributed by atoms with Crippen LogP contribution in [-0.2, 0) is 9.53 Å².